The van der Waals surface area contributed by atoms with E-state index in [9.17, 15) is 10.2 Å². The maximum absolute atomic E-state index is 9.90. The molecule has 0 spiro atoms. The van der Waals surface area contributed by atoms with E-state index < -0.39 is 24.4 Å². The normalized spacial score (nSPS) is 22.9. The van der Waals surface area contributed by atoms with E-state index >= 15 is 0 Å². The fourth-order valence-electron chi connectivity index (χ4n) is 4.00. The Kier molecular flexibility index (Phi) is 17.7. The number of hydrogen-bond donors (Lipinski definition) is 3. The first-order valence-corrected chi connectivity index (χ1v) is 12.6. The molecule has 1 rings (SSSR count). The number of hydrogen-bond acceptors (Lipinski definition) is 5. The van der Waals surface area contributed by atoms with E-state index in [1.165, 1.54) is 83.5 Å². The van der Waals surface area contributed by atoms with Crippen molar-refractivity contribution in [2.45, 2.75) is 128 Å². The Hall–Kier alpha value is -0.460. The maximum atomic E-state index is 9.90. The molecule has 1 fully saturated rings. The van der Waals surface area contributed by atoms with Gasteiger partial charge in [0, 0.05) is 6.61 Å². The lowest BCUT2D eigenvalue weighted by atomic mass is 10.1. The SMILES string of the molecule is CCCCCCCC/C=C/CCCCCCCCCO[C@@H]1[C@H]([C@@H](O)CO)OC[C@H]1O. The van der Waals surface area contributed by atoms with Crippen molar-refractivity contribution in [3.05, 3.63) is 12.2 Å². The molecule has 1 saturated heterocycles. The molecule has 0 amide bonds. The van der Waals surface area contributed by atoms with Crippen molar-refractivity contribution in [3.63, 3.8) is 0 Å². The van der Waals surface area contributed by atoms with Crippen LogP contribution in [0.1, 0.15) is 103 Å². The summed E-state index contributed by atoms with van der Waals surface area (Å²) in [5.41, 5.74) is 0. The quantitative estimate of drug-likeness (QED) is 0.190. The summed E-state index contributed by atoms with van der Waals surface area (Å²) in [6.07, 6.45) is 21.0. The molecular formula is C25H48O5. The largest absolute Gasteiger partial charge is 0.394 e. The Morgan fingerprint density at radius 1 is 0.867 bits per heavy atom. The molecular weight excluding hydrogens is 380 g/mol. The summed E-state index contributed by atoms with van der Waals surface area (Å²) in [6.45, 7) is 2.59. The molecule has 0 saturated carbocycles. The van der Waals surface area contributed by atoms with Gasteiger partial charge >= 0.3 is 0 Å². The number of ether oxygens (including phenoxy) is 2. The van der Waals surface area contributed by atoms with Gasteiger partial charge < -0.3 is 24.8 Å². The average molecular weight is 429 g/mol. The summed E-state index contributed by atoms with van der Waals surface area (Å²) in [5.74, 6) is 0. The third kappa shape index (κ3) is 13.1. The van der Waals surface area contributed by atoms with Crippen LogP contribution in [-0.4, -0.2) is 59.6 Å². The standard InChI is InChI=1S/C25H48O5/c1-2-3-4-5-6-7-8-9-10-11-12-13-14-15-16-17-18-19-29-25-23(28)21-30-24(25)22(27)20-26/h9-10,22-28H,2-8,11-21H2,1H3/b10-9+/t22-,23+,24-,25-/m0/s1. The molecule has 0 aromatic heterocycles. The molecule has 178 valence electrons. The highest BCUT2D eigenvalue weighted by Crippen LogP contribution is 2.21. The van der Waals surface area contributed by atoms with E-state index in [2.05, 4.69) is 19.1 Å². The van der Waals surface area contributed by atoms with Crippen LogP contribution in [-0.2, 0) is 9.47 Å². The van der Waals surface area contributed by atoms with Crippen molar-refractivity contribution in [3.8, 4) is 0 Å². The number of allylic oxidation sites excluding steroid dienone is 2. The summed E-state index contributed by atoms with van der Waals surface area (Å²) in [5, 5.41) is 28.7. The molecule has 1 aliphatic rings. The molecule has 5 nitrogen and oxygen atoms in total. The van der Waals surface area contributed by atoms with E-state index in [0.29, 0.717) is 6.61 Å². The van der Waals surface area contributed by atoms with Gasteiger partial charge in [-0.3, -0.25) is 0 Å². The Morgan fingerprint density at radius 3 is 1.97 bits per heavy atom. The predicted molar refractivity (Wildman–Crippen MR) is 123 cm³/mol. The van der Waals surface area contributed by atoms with Gasteiger partial charge in [-0.15, -0.1) is 0 Å². The Bertz CT molecular complexity index is 401. The second-order valence-electron chi connectivity index (χ2n) is 8.74. The van der Waals surface area contributed by atoms with Crippen molar-refractivity contribution in [2.24, 2.45) is 0 Å². The van der Waals surface area contributed by atoms with Gasteiger partial charge in [0.1, 0.15) is 24.4 Å². The van der Waals surface area contributed by atoms with Gasteiger partial charge in [-0.2, -0.15) is 0 Å². The highest BCUT2D eigenvalue weighted by molar-refractivity contribution is 4.89. The van der Waals surface area contributed by atoms with Crippen LogP contribution in [0.15, 0.2) is 12.2 Å². The molecule has 0 aliphatic carbocycles. The number of rotatable bonds is 20. The summed E-state index contributed by atoms with van der Waals surface area (Å²) in [7, 11) is 0. The number of aliphatic hydroxyl groups excluding tert-OH is 3. The fourth-order valence-corrected chi connectivity index (χ4v) is 4.00. The average Bonchev–Trinajstić information content (AvgIpc) is 3.12. The van der Waals surface area contributed by atoms with Crippen molar-refractivity contribution in [1.29, 1.82) is 0 Å². The van der Waals surface area contributed by atoms with E-state index in [1.807, 2.05) is 0 Å². The topological polar surface area (TPSA) is 79.2 Å². The van der Waals surface area contributed by atoms with Crippen LogP contribution >= 0.6 is 0 Å². The predicted octanol–water partition coefficient (Wildman–Crippen LogP) is 4.91. The van der Waals surface area contributed by atoms with Crippen LogP contribution < -0.4 is 0 Å². The zero-order valence-corrected chi connectivity index (χ0v) is 19.4. The van der Waals surface area contributed by atoms with Crippen LogP contribution in [0.3, 0.4) is 0 Å². The molecule has 30 heavy (non-hydrogen) atoms. The first-order valence-electron chi connectivity index (χ1n) is 12.6. The summed E-state index contributed by atoms with van der Waals surface area (Å²) in [6, 6.07) is 0. The maximum Gasteiger partial charge on any atom is 0.114 e. The Balaban J connectivity index is 1.85. The lowest BCUT2D eigenvalue weighted by Gasteiger charge is -2.23. The Labute approximate surface area is 184 Å². The van der Waals surface area contributed by atoms with E-state index in [0.717, 1.165) is 12.8 Å². The molecule has 0 radical (unpaired) electrons. The van der Waals surface area contributed by atoms with Crippen LogP contribution in [0, 0.1) is 0 Å². The third-order valence-electron chi connectivity index (χ3n) is 5.95. The van der Waals surface area contributed by atoms with Crippen LogP contribution in [0.5, 0.6) is 0 Å². The van der Waals surface area contributed by atoms with E-state index in [1.54, 1.807) is 0 Å². The molecule has 5 heteroatoms. The molecule has 1 aliphatic heterocycles. The minimum atomic E-state index is -1.00. The van der Waals surface area contributed by atoms with Gasteiger partial charge in [0.15, 0.2) is 0 Å². The minimum Gasteiger partial charge on any atom is -0.394 e. The van der Waals surface area contributed by atoms with Gasteiger partial charge in [-0.05, 0) is 32.1 Å². The van der Waals surface area contributed by atoms with Crippen molar-refractivity contribution in [1.82, 2.24) is 0 Å². The lowest BCUT2D eigenvalue weighted by Crippen LogP contribution is -2.42. The highest BCUT2D eigenvalue weighted by Gasteiger charge is 2.40. The van der Waals surface area contributed by atoms with Gasteiger partial charge in [0.05, 0.1) is 13.2 Å². The monoisotopic (exact) mass is 428 g/mol. The second-order valence-corrected chi connectivity index (χ2v) is 8.74. The number of unbranched alkanes of at least 4 members (excludes halogenated alkanes) is 13. The molecule has 0 bridgehead atoms. The lowest BCUT2D eigenvalue weighted by molar-refractivity contribution is -0.0938. The fraction of sp³-hybridized carbons (Fsp3) is 0.920. The van der Waals surface area contributed by atoms with E-state index in [4.69, 9.17) is 14.6 Å². The van der Waals surface area contributed by atoms with E-state index in [-0.39, 0.29) is 13.2 Å². The van der Waals surface area contributed by atoms with Crippen molar-refractivity contribution < 1.29 is 24.8 Å². The molecule has 4 atom stereocenters. The van der Waals surface area contributed by atoms with Crippen LogP contribution in [0.25, 0.3) is 0 Å². The van der Waals surface area contributed by atoms with Gasteiger partial charge in [0.25, 0.3) is 0 Å². The molecule has 0 aromatic carbocycles. The third-order valence-corrected chi connectivity index (χ3v) is 5.95. The summed E-state index contributed by atoms with van der Waals surface area (Å²) in [4.78, 5) is 0. The molecule has 0 unspecified atom stereocenters. The zero-order chi connectivity index (χ0) is 21.9. The summed E-state index contributed by atoms with van der Waals surface area (Å²) >= 11 is 0. The number of aliphatic hydroxyl groups is 3. The first kappa shape index (κ1) is 27.6. The second kappa shape index (κ2) is 19.2. The van der Waals surface area contributed by atoms with Gasteiger partial charge in [-0.1, -0.05) is 83.3 Å². The van der Waals surface area contributed by atoms with Gasteiger partial charge in [-0.25, -0.2) is 0 Å². The van der Waals surface area contributed by atoms with Crippen molar-refractivity contribution >= 4 is 0 Å². The van der Waals surface area contributed by atoms with Crippen molar-refractivity contribution in [2.75, 3.05) is 19.8 Å². The first-order chi connectivity index (χ1) is 14.7. The summed E-state index contributed by atoms with van der Waals surface area (Å²) < 4.78 is 11.0. The van der Waals surface area contributed by atoms with Crippen LogP contribution in [0.4, 0.5) is 0 Å². The van der Waals surface area contributed by atoms with Gasteiger partial charge in [0.2, 0.25) is 0 Å². The zero-order valence-electron chi connectivity index (χ0n) is 19.4. The highest BCUT2D eigenvalue weighted by atomic mass is 16.6. The van der Waals surface area contributed by atoms with Crippen LogP contribution in [0.2, 0.25) is 0 Å². The molecule has 0 aromatic rings. The minimum absolute atomic E-state index is 0.153. The Morgan fingerprint density at radius 2 is 1.40 bits per heavy atom. The molecule has 1 heterocycles. The smallest absolute Gasteiger partial charge is 0.114 e. The molecule has 3 N–H and O–H groups in total.